The van der Waals surface area contributed by atoms with Crippen molar-refractivity contribution in [2.24, 2.45) is 4.40 Å². The van der Waals surface area contributed by atoms with Crippen LogP contribution < -0.4 is 0 Å². The van der Waals surface area contributed by atoms with E-state index in [4.69, 9.17) is 11.6 Å². The van der Waals surface area contributed by atoms with Crippen LogP contribution in [0.2, 0.25) is 5.02 Å². The highest BCUT2D eigenvalue weighted by Gasteiger charge is 2.40. The van der Waals surface area contributed by atoms with Gasteiger partial charge in [0, 0.05) is 10.6 Å². The molecule has 0 aliphatic rings. The molecule has 1 atom stereocenters. The SMILES string of the molecule is CC(C)(C)[S@@](=O)N=C(c1cc(Cl)ccc1F)C(F)(F)F. The molecule has 0 fully saturated rings. The zero-order valence-corrected chi connectivity index (χ0v) is 12.5. The van der Waals surface area contributed by atoms with E-state index in [1.165, 1.54) is 20.8 Å². The van der Waals surface area contributed by atoms with Crippen LogP contribution in [0.3, 0.4) is 0 Å². The molecule has 0 heterocycles. The summed E-state index contributed by atoms with van der Waals surface area (Å²) in [5, 5.41) is -0.0695. The Kier molecular flexibility index (Phi) is 4.97. The van der Waals surface area contributed by atoms with E-state index in [0.29, 0.717) is 0 Å². The summed E-state index contributed by atoms with van der Waals surface area (Å²) in [6.07, 6.45) is -4.94. The van der Waals surface area contributed by atoms with Crippen LogP contribution >= 0.6 is 11.6 Å². The zero-order chi connectivity index (χ0) is 15.7. The number of nitrogens with zero attached hydrogens (tertiary/aromatic N) is 1. The predicted molar refractivity (Wildman–Crippen MR) is 71.9 cm³/mol. The van der Waals surface area contributed by atoms with Crippen molar-refractivity contribution >= 4 is 28.3 Å². The van der Waals surface area contributed by atoms with Crippen molar-refractivity contribution in [2.75, 3.05) is 0 Å². The molecule has 0 saturated heterocycles. The molecule has 0 radical (unpaired) electrons. The molecule has 0 saturated carbocycles. The average Bonchev–Trinajstić information content (AvgIpc) is 2.26. The van der Waals surface area contributed by atoms with Gasteiger partial charge in [-0.05, 0) is 39.0 Å². The third-order valence-corrected chi connectivity index (χ3v) is 3.78. The van der Waals surface area contributed by atoms with Crippen LogP contribution in [-0.2, 0) is 11.0 Å². The van der Waals surface area contributed by atoms with Crippen molar-refractivity contribution in [3.8, 4) is 0 Å². The molecule has 0 bridgehead atoms. The van der Waals surface area contributed by atoms with E-state index < -0.39 is 39.0 Å². The molecule has 1 rings (SSSR count). The molecule has 20 heavy (non-hydrogen) atoms. The maximum Gasteiger partial charge on any atom is 0.434 e. The lowest BCUT2D eigenvalue weighted by Gasteiger charge is -2.17. The fourth-order valence-electron chi connectivity index (χ4n) is 1.15. The zero-order valence-electron chi connectivity index (χ0n) is 10.9. The van der Waals surface area contributed by atoms with Crippen LogP contribution in [0.25, 0.3) is 0 Å². The van der Waals surface area contributed by atoms with E-state index >= 15 is 0 Å². The molecule has 1 aromatic rings. The molecule has 0 unspecified atom stereocenters. The number of hydrogen-bond acceptors (Lipinski definition) is 1. The van der Waals surface area contributed by atoms with Gasteiger partial charge in [-0.25, -0.2) is 8.60 Å². The summed E-state index contributed by atoms with van der Waals surface area (Å²) < 4.78 is 66.5. The van der Waals surface area contributed by atoms with Crippen molar-refractivity contribution in [1.82, 2.24) is 0 Å². The molecule has 0 amide bonds. The van der Waals surface area contributed by atoms with Gasteiger partial charge >= 0.3 is 6.18 Å². The van der Waals surface area contributed by atoms with Crippen LogP contribution in [0, 0.1) is 5.82 Å². The van der Waals surface area contributed by atoms with Crippen molar-refractivity contribution in [1.29, 1.82) is 0 Å². The second-order valence-corrected chi connectivity index (χ2v) is 7.27. The molecule has 2 nitrogen and oxygen atoms in total. The summed E-state index contributed by atoms with van der Waals surface area (Å²) in [5.74, 6) is -1.13. The third-order valence-electron chi connectivity index (χ3n) is 2.15. The monoisotopic (exact) mass is 329 g/mol. The number of halogens is 5. The van der Waals surface area contributed by atoms with Gasteiger partial charge < -0.3 is 0 Å². The van der Waals surface area contributed by atoms with Crippen LogP contribution in [0.5, 0.6) is 0 Å². The van der Waals surface area contributed by atoms with Crippen molar-refractivity contribution < 1.29 is 21.8 Å². The second kappa shape index (κ2) is 5.81. The molecule has 0 aromatic heterocycles. The first kappa shape index (κ1) is 17.1. The van der Waals surface area contributed by atoms with Gasteiger partial charge in [0.05, 0.1) is 4.75 Å². The Hall–Kier alpha value is -0.950. The molecule has 0 N–H and O–H groups in total. The molecule has 112 valence electrons. The summed E-state index contributed by atoms with van der Waals surface area (Å²) in [6, 6.07) is 2.73. The minimum atomic E-state index is -4.94. The molecular weight excluding hydrogens is 318 g/mol. The average molecular weight is 330 g/mol. The quantitative estimate of drug-likeness (QED) is 0.588. The highest BCUT2D eigenvalue weighted by molar-refractivity contribution is 7.85. The fraction of sp³-hybridized carbons (Fsp3) is 0.417. The molecule has 0 spiro atoms. The van der Waals surface area contributed by atoms with Crippen molar-refractivity contribution in [2.45, 2.75) is 31.7 Å². The van der Waals surface area contributed by atoms with Crippen molar-refractivity contribution in [3.05, 3.63) is 34.6 Å². The van der Waals surface area contributed by atoms with Crippen LogP contribution in [-0.4, -0.2) is 20.8 Å². The number of benzene rings is 1. The number of hydrogen-bond donors (Lipinski definition) is 0. The topological polar surface area (TPSA) is 29.4 Å². The Labute approximate surface area is 121 Å². The first-order chi connectivity index (χ1) is 8.93. The van der Waals surface area contributed by atoms with Crippen LogP contribution in [0.1, 0.15) is 26.3 Å². The van der Waals surface area contributed by atoms with Crippen LogP contribution in [0.4, 0.5) is 17.6 Å². The van der Waals surface area contributed by atoms with Crippen molar-refractivity contribution in [3.63, 3.8) is 0 Å². The maximum atomic E-state index is 13.6. The predicted octanol–water partition coefficient (Wildman–Crippen LogP) is 4.29. The van der Waals surface area contributed by atoms with Gasteiger partial charge in [-0.15, -0.1) is 0 Å². The van der Waals surface area contributed by atoms with E-state index in [1.807, 2.05) is 0 Å². The highest BCUT2D eigenvalue weighted by Crippen LogP contribution is 2.28. The van der Waals surface area contributed by atoms with Gasteiger partial charge in [-0.1, -0.05) is 11.6 Å². The lowest BCUT2D eigenvalue weighted by molar-refractivity contribution is -0.0579. The Bertz CT molecular complexity index is 564. The number of rotatable bonds is 2. The third kappa shape index (κ3) is 4.28. The smallest absolute Gasteiger partial charge is 0.234 e. The van der Waals surface area contributed by atoms with Crippen LogP contribution in [0.15, 0.2) is 22.6 Å². The Morgan fingerprint density at radius 1 is 1.25 bits per heavy atom. The maximum absolute atomic E-state index is 13.6. The fourth-order valence-corrected chi connectivity index (χ4v) is 1.97. The summed E-state index contributed by atoms with van der Waals surface area (Å²) in [4.78, 5) is 0. The lowest BCUT2D eigenvalue weighted by atomic mass is 10.1. The van der Waals surface area contributed by atoms with Gasteiger partial charge in [0.2, 0.25) is 0 Å². The normalized spacial score (nSPS) is 15.3. The molecular formula is C12H12ClF4NOS. The first-order valence-electron chi connectivity index (χ1n) is 5.46. The largest absolute Gasteiger partial charge is 0.434 e. The summed E-state index contributed by atoms with van der Waals surface area (Å²) in [5.41, 5.74) is -2.35. The Morgan fingerprint density at radius 2 is 1.80 bits per heavy atom. The van der Waals surface area contributed by atoms with E-state index in [0.717, 1.165) is 18.2 Å². The van der Waals surface area contributed by atoms with Gasteiger partial charge in [-0.3, -0.25) is 0 Å². The van der Waals surface area contributed by atoms with Gasteiger partial charge in [0.1, 0.15) is 16.8 Å². The minimum Gasteiger partial charge on any atom is -0.234 e. The minimum absolute atomic E-state index is 0.0695. The number of alkyl halides is 3. The van der Waals surface area contributed by atoms with E-state index in [2.05, 4.69) is 4.40 Å². The highest BCUT2D eigenvalue weighted by atomic mass is 35.5. The van der Waals surface area contributed by atoms with E-state index in [9.17, 15) is 21.8 Å². The molecule has 0 aliphatic carbocycles. The Morgan fingerprint density at radius 3 is 2.25 bits per heavy atom. The van der Waals surface area contributed by atoms with E-state index in [1.54, 1.807) is 0 Å². The summed E-state index contributed by atoms with van der Waals surface area (Å²) in [6.45, 7) is 4.40. The Balaban J connectivity index is 3.46. The van der Waals surface area contributed by atoms with E-state index in [-0.39, 0.29) is 5.02 Å². The standard InChI is InChI=1S/C12H12ClF4NOS/c1-11(2,3)20(19)18-10(12(15,16)17)8-6-7(13)4-5-9(8)14/h4-6H,1-3H3/t20-/m1/s1. The molecule has 0 aliphatic heterocycles. The lowest BCUT2D eigenvalue weighted by Crippen LogP contribution is -2.29. The second-order valence-electron chi connectivity index (χ2n) is 4.92. The molecule has 1 aromatic carbocycles. The van der Waals surface area contributed by atoms with Gasteiger partial charge in [-0.2, -0.15) is 17.6 Å². The van der Waals surface area contributed by atoms with Gasteiger partial charge in [0.25, 0.3) is 0 Å². The van der Waals surface area contributed by atoms with Gasteiger partial charge in [0.15, 0.2) is 5.71 Å². The molecule has 8 heteroatoms. The first-order valence-corrected chi connectivity index (χ1v) is 6.94. The summed E-state index contributed by atoms with van der Waals surface area (Å²) >= 11 is 5.57. The summed E-state index contributed by atoms with van der Waals surface area (Å²) in [7, 11) is -2.17.